The number of hydrogen-bond acceptors (Lipinski definition) is 6. The van der Waals surface area contributed by atoms with E-state index in [9.17, 15) is 14.9 Å². The van der Waals surface area contributed by atoms with Crippen molar-refractivity contribution < 1.29 is 9.72 Å². The second-order valence-corrected chi connectivity index (χ2v) is 8.01. The third-order valence-corrected chi connectivity index (χ3v) is 5.72. The van der Waals surface area contributed by atoms with Gasteiger partial charge in [0.05, 0.1) is 17.5 Å². The number of rotatable bonds is 9. The number of benzene rings is 2. The Kier molecular flexibility index (Phi) is 7.83. The summed E-state index contributed by atoms with van der Waals surface area (Å²) >= 11 is 0. The number of aryl methyl sites for hydroxylation is 1. The minimum atomic E-state index is -0.539. The lowest BCUT2D eigenvalue weighted by molar-refractivity contribution is -0.403. The van der Waals surface area contributed by atoms with Gasteiger partial charge in [-0.1, -0.05) is 44.2 Å². The van der Waals surface area contributed by atoms with Gasteiger partial charge >= 0.3 is 0 Å². The van der Waals surface area contributed by atoms with Crippen LogP contribution in [0.2, 0.25) is 0 Å². The Balaban J connectivity index is 1.84. The Morgan fingerprint density at radius 2 is 2.00 bits per heavy atom. The molecule has 0 saturated carbocycles. The van der Waals surface area contributed by atoms with Crippen molar-refractivity contribution in [3.8, 4) is 0 Å². The SMILES string of the molecule is CCC(CC)NC(=C[N+](=O)[O-])Nc1cccc(CN2C(=O)C(N)CCc3ccccc32)c1. The molecule has 1 amide bonds. The van der Waals surface area contributed by atoms with Crippen LogP contribution < -0.4 is 21.3 Å². The van der Waals surface area contributed by atoms with Crippen LogP contribution in [0.5, 0.6) is 0 Å². The summed E-state index contributed by atoms with van der Waals surface area (Å²) in [5, 5.41) is 17.4. The van der Waals surface area contributed by atoms with E-state index >= 15 is 0 Å². The van der Waals surface area contributed by atoms with Gasteiger partial charge in [0.25, 0.3) is 6.20 Å². The molecule has 32 heavy (non-hydrogen) atoms. The molecule has 170 valence electrons. The normalized spacial score (nSPS) is 16.5. The molecule has 3 rings (SSSR count). The summed E-state index contributed by atoms with van der Waals surface area (Å²) in [5.41, 5.74) is 9.72. The Bertz CT molecular complexity index is 987. The van der Waals surface area contributed by atoms with Crippen LogP contribution in [0, 0.1) is 10.1 Å². The summed E-state index contributed by atoms with van der Waals surface area (Å²) in [6.07, 6.45) is 4.02. The largest absolute Gasteiger partial charge is 0.364 e. The Labute approximate surface area is 188 Å². The first kappa shape index (κ1) is 23.3. The number of nitrogens with zero attached hydrogens (tertiary/aromatic N) is 2. The van der Waals surface area contributed by atoms with Crippen molar-refractivity contribution >= 4 is 17.3 Å². The van der Waals surface area contributed by atoms with E-state index in [0.717, 1.165) is 42.3 Å². The molecule has 0 bridgehead atoms. The van der Waals surface area contributed by atoms with Crippen LogP contribution in [0.15, 0.2) is 60.6 Å². The highest BCUT2D eigenvalue weighted by Gasteiger charge is 2.27. The van der Waals surface area contributed by atoms with Crippen molar-refractivity contribution in [3.63, 3.8) is 0 Å². The van der Waals surface area contributed by atoms with E-state index in [-0.39, 0.29) is 11.9 Å². The quantitative estimate of drug-likeness (QED) is 0.407. The van der Waals surface area contributed by atoms with Gasteiger partial charge in [0.15, 0.2) is 5.82 Å². The standard InChI is InChI=1S/C24H31N5O3/c1-3-19(4-2)26-23(16-29(31)32)27-20-10-7-8-17(14-20)15-28-22-11-6-5-9-18(22)12-13-21(25)24(28)30/h5-11,14,16,19,21,26-27H,3-4,12-13,15,25H2,1-2H3. The second kappa shape index (κ2) is 10.8. The number of carbonyl (C=O) groups excluding carboxylic acids is 1. The average molecular weight is 438 g/mol. The first-order chi connectivity index (χ1) is 15.4. The van der Waals surface area contributed by atoms with Gasteiger partial charge in [-0.25, -0.2) is 0 Å². The maximum absolute atomic E-state index is 13.0. The molecule has 1 aliphatic heterocycles. The summed E-state index contributed by atoms with van der Waals surface area (Å²) in [7, 11) is 0. The van der Waals surface area contributed by atoms with Crippen LogP contribution in [-0.2, 0) is 17.8 Å². The van der Waals surface area contributed by atoms with Crippen molar-refractivity contribution in [1.29, 1.82) is 0 Å². The van der Waals surface area contributed by atoms with Crippen molar-refractivity contribution in [1.82, 2.24) is 5.32 Å². The molecular formula is C24H31N5O3. The van der Waals surface area contributed by atoms with E-state index in [1.54, 1.807) is 4.90 Å². The minimum Gasteiger partial charge on any atom is -0.364 e. The average Bonchev–Trinajstić information content (AvgIpc) is 2.89. The molecule has 8 heteroatoms. The summed E-state index contributed by atoms with van der Waals surface area (Å²) in [6.45, 7) is 4.44. The number of nitro groups is 1. The van der Waals surface area contributed by atoms with Gasteiger partial charge in [-0.2, -0.15) is 0 Å². The fourth-order valence-electron chi connectivity index (χ4n) is 3.91. The van der Waals surface area contributed by atoms with Gasteiger partial charge in [0.1, 0.15) is 0 Å². The van der Waals surface area contributed by atoms with Gasteiger partial charge < -0.3 is 21.3 Å². The number of amides is 1. The van der Waals surface area contributed by atoms with Gasteiger partial charge in [0.2, 0.25) is 5.91 Å². The number of carbonyl (C=O) groups is 1. The predicted octanol–water partition coefficient (Wildman–Crippen LogP) is 3.76. The van der Waals surface area contributed by atoms with Crippen LogP contribution in [0.4, 0.5) is 11.4 Å². The molecule has 2 aromatic rings. The lowest BCUT2D eigenvalue weighted by Crippen LogP contribution is -2.42. The monoisotopic (exact) mass is 437 g/mol. The number of para-hydroxylation sites is 1. The fraction of sp³-hybridized carbons (Fsp3) is 0.375. The van der Waals surface area contributed by atoms with Crippen molar-refractivity contribution in [2.45, 2.75) is 58.2 Å². The van der Waals surface area contributed by atoms with E-state index in [2.05, 4.69) is 10.6 Å². The number of hydrogen-bond donors (Lipinski definition) is 3. The molecule has 0 spiro atoms. The molecule has 0 fully saturated rings. The fourth-order valence-corrected chi connectivity index (χ4v) is 3.91. The van der Waals surface area contributed by atoms with Crippen molar-refractivity contribution in [2.75, 3.05) is 10.2 Å². The van der Waals surface area contributed by atoms with Gasteiger partial charge in [-0.15, -0.1) is 0 Å². The highest BCUT2D eigenvalue weighted by molar-refractivity contribution is 5.98. The van der Waals surface area contributed by atoms with Crippen LogP contribution in [0.25, 0.3) is 0 Å². The lowest BCUT2D eigenvalue weighted by Gasteiger charge is -2.25. The Morgan fingerprint density at radius 3 is 2.72 bits per heavy atom. The summed E-state index contributed by atoms with van der Waals surface area (Å²) in [4.78, 5) is 25.3. The molecule has 0 saturated heterocycles. The molecule has 8 nitrogen and oxygen atoms in total. The zero-order valence-corrected chi connectivity index (χ0v) is 18.6. The van der Waals surface area contributed by atoms with Crippen LogP contribution >= 0.6 is 0 Å². The molecule has 0 aromatic heterocycles. The van der Waals surface area contributed by atoms with E-state index in [1.807, 2.05) is 62.4 Å². The molecule has 1 heterocycles. The smallest absolute Gasteiger partial charge is 0.274 e. The molecular weight excluding hydrogens is 406 g/mol. The van der Waals surface area contributed by atoms with Crippen LogP contribution in [0.1, 0.15) is 44.2 Å². The molecule has 1 atom stereocenters. The molecule has 1 aliphatic rings. The molecule has 1 unspecified atom stereocenters. The van der Waals surface area contributed by atoms with Gasteiger partial charge in [-0.05, 0) is 55.0 Å². The highest BCUT2D eigenvalue weighted by Crippen LogP contribution is 2.28. The Morgan fingerprint density at radius 1 is 1.25 bits per heavy atom. The molecule has 0 aliphatic carbocycles. The molecule has 0 radical (unpaired) electrons. The predicted molar refractivity (Wildman–Crippen MR) is 127 cm³/mol. The third-order valence-electron chi connectivity index (χ3n) is 5.72. The van der Waals surface area contributed by atoms with Crippen molar-refractivity contribution in [2.24, 2.45) is 5.73 Å². The van der Waals surface area contributed by atoms with Gasteiger partial charge in [-0.3, -0.25) is 14.9 Å². The van der Waals surface area contributed by atoms with E-state index < -0.39 is 11.0 Å². The molecule has 2 aromatic carbocycles. The first-order valence-corrected chi connectivity index (χ1v) is 11.0. The highest BCUT2D eigenvalue weighted by atomic mass is 16.6. The maximum Gasteiger partial charge on any atom is 0.274 e. The number of nitrogens with two attached hydrogens (primary N) is 1. The zero-order valence-electron chi connectivity index (χ0n) is 18.6. The topological polar surface area (TPSA) is 114 Å². The summed E-state index contributed by atoms with van der Waals surface area (Å²) < 4.78 is 0. The van der Waals surface area contributed by atoms with Gasteiger partial charge in [0, 0.05) is 17.4 Å². The minimum absolute atomic E-state index is 0.0994. The van der Waals surface area contributed by atoms with Crippen molar-refractivity contribution in [3.05, 3.63) is 81.8 Å². The number of nitrogens with one attached hydrogen (secondary N) is 2. The first-order valence-electron chi connectivity index (χ1n) is 11.0. The van der Waals surface area contributed by atoms with Crippen LogP contribution in [-0.4, -0.2) is 22.9 Å². The van der Waals surface area contributed by atoms with E-state index in [4.69, 9.17) is 5.73 Å². The third kappa shape index (κ3) is 5.85. The van der Waals surface area contributed by atoms with E-state index in [0.29, 0.717) is 24.5 Å². The van der Waals surface area contributed by atoms with E-state index in [1.165, 1.54) is 0 Å². The number of anilines is 2. The Hall–Kier alpha value is -3.39. The molecule has 4 N–H and O–H groups in total. The number of fused-ring (bicyclic) bond motifs is 1. The van der Waals surface area contributed by atoms with Crippen LogP contribution in [0.3, 0.4) is 0 Å². The summed E-state index contributed by atoms with van der Waals surface area (Å²) in [5.74, 6) is 0.233. The maximum atomic E-state index is 13.0. The summed E-state index contributed by atoms with van der Waals surface area (Å²) in [6, 6.07) is 15.0. The second-order valence-electron chi connectivity index (χ2n) is 8.01. The lowest BCUT2D eigenvalue weighted by atomic mass is 10.1. The zero-order chi connectivity index (χ0) is 23.1.